The van der Waals surface area contributed by atoms with Crippen LogP contribution < -0.4 is 5.56 Å². The van der Waals surface area contributed by atoms with E-state index in [2.05, 4.69) is 0 Å². The van der Waals surface area contributed by atoms with Gasteiger partial charge in [0.1, 0.15) is 5.60 Å². The molecule has 0 bridgehead atoms. The van der Waals surface area contributed by atoms with Crippen LogP contribution in [0.15, 0.2) is 17.1 Å². The standard InChI is InChI=1S/C17H24N2O4.CH4O/c1-16(2,3)23-15(21)19-7-5-17(6-8-19)13-9-14(20)18(4)10-12(13)11-22-17;1-2/h9-10H,5-8,11H2,1-4H3;2H,1H3. The lowest BCUT2D eigenvalue weighted by molar-refractivity contribution is -0.0797. The van der Waals surface area contributed by atoms with Crippen molar-refractivity contribution in [2.75, 3.05) is 20.2 Å². The molecule has 7 nitrogen and oxygen atoms in total. The zero-order chi connectivity index (χ0) is 18.8. The number of pyridine rings is 1. The average Bonchev–Trinajstić information content (AvgIpc) is 2.87. The van der Waals surface area contributed by atoms with Gasteiger partial charge < -0.3 is 24.0 Å². The number of aryl methyl sites for hydroxylation is 1. The van der Waals surface area contributed by atoms with Crippen LogP contribution in [-0.2, 0) is 28.7 Å². The second-order valence-electron chi connectivity index (χ2n) is 7.41. The maximum Gasteiger partial charge on any atom is 0.410 e. The fraction of sp³-hybridized carbons (Fsp3) is 0.667. The number of aliphatic hydroxyl groups excluding tert-OH is 1. The molecule has 7 heteroatoms. The van der Waals surface area contributed by atoms with E-state index in [0.29, 0.717) is 32.5 Å². The minimum Gasteiger partial charge on any atom is -0.444 e. The molecule has 1 aromatic heterocycles. The van der Waals surface area contributed by atoms with Crippen molar-refractivity contribution in [3.05, 3.63) is 33.7 Å². The zero-order valence-corrected chi connectivity index (χ0v) is 15.7. The van der Waals surface area contributed by atoms with Crippen LogP contribution >= 0.6 is 0 Å². The van der Waals surface area contributed by atoms with Gasteiger partial charge in [-0.15, -0.1) is 0 Å². The van der Waals surface area contributed by atoms with Crippen LogP contribution in [-0.4, -0.2) is 46.5 Å². The number of ether oxygens (including phenoxy) is 2. The van der Waals surface area contributed by atoms with Crippen LogP contribution in [0.3, 0.4) is 0 Å². The van der Waals surface area contributed by atoms with E-state index in [1.165, 1.54) is 0 Å². The second kappa shape index (κ2) is 7.17. The van der Waals surface area contributed by atoms with E-state index >= 15 is 0 Å². The van der Waals surface area contributed by atoms with E-state index in [1.807, 2.05) is 27.0 Å². The van der Waals surface area contributed by atoms with Gasteiger partial charge >= 0.3 is 6.09 Å². The van der Waals surface area contributed by atoms with E-state index in [9.17, 15) is 9.59 Å². The first-order valence-electron chi connectivity index (χ1n) is 8.47. The summed E-state index contributed by atoms with van der Waals surface area (Å²) < 4.78 is 13.1. The van der Waals surface area contributed by atoms with Gasteiger partial charge in [0.25, 0.3) is 5.56 Å². The molecule has 1 saturated heterocycles. The van der Waals surface area contributed by atoms with Gasteiger partial charge in [0, 0.05) is 45.1 Å². The molecule has 2 aliphatic rings. The third-order valence-corrected chi connectivity index (χ3v) is 4.53. The molecule has 0 saturated carbocycles. The van der Waals surface area contributed by atoms with Gasteiger partial charge in [-0.25, -0.2) is 4.79 Å². The molecule has 2 aliphatic heterocycles. The Hall–Kier alpha value is -1.86. The number of rotatable bonds is 0. The fourth-order valence-corrected chi connectivity index (χ4v) is 3.31. The molecule has 0 unspecified atom stereocenters. The molecule has 1 aromatic rings. The van der Waals surface area contributed by atoms with Crippen molar-refractivity contribution in [1.29, 1.82) is 0 Å². The fourth-order valence-electron chi connectivity index (χ4n) is 3.31. The Labute approximate surface area is 148 Å². The molecule has 3 heterocycles. The Morgan fingerprint density at radius 3 is 2.44 bits per heavy atom. The van der Waals surface area contributed by atoms with Crippen LogP contribution in [0.25, 0.3) is 0 Å². The molecule has 1 fully saturated rings. The Morgan fingerprint density at radius 2 is 1.88 bits per heavy atom. The highest BCUT2D eigenvalue weighted by Gasteiger charge is 2.44. The Bertz CT molecular complexity index is 682. The third-order valence-electron chi connectivity index (χ3n) is 4.53. The summed E-state index contributed by atoms with van der Waals surface area (Å²) in [6.45, 7) is 7.26. The number of amides is 1. The number of aliphatic hydroxyl groups is 1. The normalized spacial score (nSPS) is 18.4. The Balaban J connectivity index is 0.00000109. The zero-order valence-electron chi connectivity index (χ0n) is 15.7. The summed E-state index contributed by atoms with van der Waals surface area (Å²) >= 11 is 0. The number of piperidine rings is 1. The van der Waals surface area contributed by atoms with Crippen molar-refractivity contribution >= 4 is 6.09 Å². The first-order chi connectivity index (χ1) is 11.7. The third kappa shape index (κ3) is 4.04. The predicted octanol–water partition coefficient (Wildman–Crippen LogP) is 1.75. The number of aromatic nitrogens is 1. The molecule has 1 N–H and O–H groups in total. The summed E-state index contributed by atoms with van der Waals surface area (Å²) in [5, 5.41) is 7.00. The number of likely N-dealkylation sites (tertiary alicyclic amines) is 1. The molecule has 0 aliphatic carbocycles. The lowest BCUT2D eigenvalue weighted by atomic mass is 9.84. The molecule has 1 spiro atoms. The quantitative estimate of drug-likeness (QED) is 0.769. The summed E-state index contributed by atoms with van der Waals surface area (Å²) in [6, 6.07) is 1.69. The topological polar surface area (TPSA) is 81.0 Å². The minimum absolute atomic E-state index is 0.0248. The number of nitrogens with zero attached hydrogens (tertiary/aromatic N) is 2. The average molecular weight is 352 g/mol. The minimum atomic E-state index is -0.491. The van der Waals surface area contributed by atoms with E-state index in [0.717, 1.165) is 18.2 Å². The van der Waals surface area contributed by atoms with E-state index in [4.69, 9.17) is 14.6 Å². The van der Waals surface area contributed by atoms with Gasteiger partial charge in [-0.05, 0) is 39.2 Å². The number of hydrogen-bond donors (Lipinski definition) is 1. The van der Waals surface area contributed by atoms with Crippen molar-refractivity contribution < 1.29 is 19.4 Å². The lowest BCUT2D eigenvalue weighted by Crippen LogP contribution is -2.47. The smallest absolute Gasteiger partial charge is 0.410 e. The van der Waals surface area contributed by atoms with Crippen molar-refractivity contribution in [3.63, 3.8) is 0 Å². The van der Waals surface area contributed by atoms with E-state index in [-0.39, 0.29) is 11.7 Å². The monoisotopic (exact) mass is 352 g/mol. The Kier molecular flexibility index (Phi) is 5.58. The first kappa shape index (κ1) is 19.5. The summed E-state index contributed by atoms with van der Waals surface area (Å²) in [7, 11) is 2.75. The van der Waals surface area contributed by atoms with Gasteiger partial charge in [0.15, 0.2) is 0 Å². The van der Waals surface area contributed by atoms with Crippen LogP contribution in [0.4, 0.5) is 4.79 Å². The van der Waals surface area contributed by atoms with Gasteiger partial charge in [0.05, 0.1) is 12.2 Å². The molecular weight excluding hydrogens is 324 g/mol. The summed E-state index contributed by atoms with van der Waals surface area (Å²) in [6.07, 6.45) is 2.94. The SMILES string of the molecule is CO.Cn1cc2c(cc1=O)C1(CCN(C(=O)OC(C)(C)C)CC1)OC2. The summed E-state index contributed by atoms with van der Waals surface area (Å²) in [4.78, 5) is 25.8. The molecule has 3 rings (SSSR count). The van der Waals surface area contributed by atoms with Crippen molar-refractivity contribution in [1.82, 2.24) is 9.47 Å². The van der Waals surface area contributed by atoms with Crippen molar-refractivity contribution in [2.45, 2.75) is 51.4 Å². The van der Waals surface area contributed by atoms with Gasteiger partial charge in [0.2, 0.25) is 0 Å². The first-order valence-corrected chi connectivity index (χ1v) is 8.47. The van der Waals surface area contributed by atoms with Crippen LogP contribution in [0.5, 0.6) is 0 Å². The highest BCUT2D eigenvalue weighted by molar-refractivity contribution is 5.68. The highest BCUT2D eigenvalue weighted by atomic mass is 16.6. The molecule has 140 valence electrons. The Morgan fingerprint density at radius 1 is 1.28 bits per heavy atom. The number of carbonyl (C=O) groups is 1. The van der Waals surface area contributed by atoms with Crippen LogP contribution in [0, 0.1) is 0 Å². The lowest BCUT2D eigenvalue weighted by Gasteiger charge is -2.39. The molecule has 0 aromatic carbocycles. The predicted molar refractivity (Wildman–Crippen MR) is 93.3 cm³/mol. The van der Waals surface area contributed by atoms with Crippen molar-refractivity contribution in [3.8, 4) is 0 Å². The number of hydrogen-bond acceptors (Lipinski definition) is 5. The van der Waals surface area contributed by atoms with Gasteiger partial charge in [-0.2, -0.15) is 0 Å². The molecule has 0 atom stereocenters. The van der Waals surface area contributed by atoms with Crippen LogP contribution in [0.1, 0.15) is 44.7 Å². The van der Waals surface area contributed by atoms with E-state index in [1.54, 1.807) is 22.6 Å². The summed E-state index contributed by atoms with van der Waals surface area (Å²) in [5.41, 5.74) is 1.11. The van der Waals surface area contributed by atoms with Gasteiger partial charge in [-0.1, -0.05) is 0 Å². The number of fused-ring (bicyclic) bond motifs is 2. The molecular formula is C18H28N2O5. The van der Waals surface area contributed by atoms with Gasteiger partial charge in [-0.3, -0.25) is 4.79 Å². The van der Waals surface area contributed by atoms with E-state index < -0.39 is 11.2 Å². The second-order valence-corrected chi connectivity index (χ2v) is 7.41. The molecule has 0 radical (unpaired) electrons. The largest absolute Gasteiger partial charge is 0.444 e. The molecule has 1 amide bonds. The summed E-state index contributed by atoms with van der Waals surface area (Å²) in [5.74, 6) is 0. The van der Waals surface area contributed by atoms with Crippen LogP contribution in [0.2, 0.25) is 0 Å². The maximum absolute atomic E-state index is 12.2. The maximum atomic E-state index is 12.2. The van der Waals surface area contributed by atoms with Crippen molar-refractivity contribution in [2.24, 2.45) is 7.05 Å². The molecule has 25 heavy (non-hydrogen) atoms. The number of carbonyl (C=O) groups excluding carboxylic acids is 1. The highest BCUT2D eigenvalue weighted by Crippen LogP contribution is 2.43.